The molecule has 0 aliphatic heterocycles. The summed E-state index contributed by atoms with van der Waals surface area (Å²) in [4.78, 5) is 23.3. The van der Waals surface area contributed by atoms with Gasteiger partial charge in [0, 0.05) is 29.1 Å². The molecule has 2 aromatic rings. The number of carboxylic acids is 1. The molecule has 0 heterocycles. The molecule has 0 aliphatic rings. The van der Waals surface area contributed by atoms with Crippen LogP contribution in [0.3, 0.4) is 0 Å². The molecule has 0 fully saturated rings. The van der Waals surface area contributed by atoms with Gasteiger partial charge >= 0.3 is 5.97 Å². The molecule has 2 rings (SSSR count). The molecule has 0 spiro atoms. The second-order valence-corrected chi connectivity index (χ2v) is 10.4. The number of sulfonamides is 1. The van der Waals surface area contributed by atoms with Gasteiger partial charge in [0.2, 0.25) is 10.0 Å². The van der Waals surface area contributed by atoms with Crippen LogP contribution in [-0.2, 0) is 14.8 Å². The number of hydrogen-bond donors (Lipinski definition) is 2. The van der Waals surface area contributed by atoms with Gasteiger partial charge in [-0.3, -0.25) is 9.59 Å². The van der Waals surface area contributed by atoms with Crippen LogP contribution in [-0.4, -0.2) is 31.8 Å². The number of carbonyl (C=O) groups is 2. The van der Waals surface area contributed by atoms with Gasteiger partial charge in [0.1, 0.15) is 0 Å². The zero-order chi connectivity index (χ0) is 24.3. The fourth-order valence-corrected chi connectivity index (χ4v) is 5.10. The molecule has 2 N–H and O–H groups in total. The SMILES string of the molecule is O=C(O)CCCCCCCCCCNS(=O)(=O)c1ccc(Cl)cc1C(=O)c1ccccc1Cl. The Morgan fingerprint density at radius 1 is 0.818 bits per heavy atom. The zero-order valence-electron chi connectivity index (χ0n) is 18.4. The first kappa shape index (κ1) is 27.3. The van der Waals surface area contributed by atoms with E-state index < -0.39 is 21.8 Å². The lowest BCUT2D eigenvalue weighted by molar-refractivity contribution is -0.137. The number of unbranched alkanes of at least 4 members (excludes halogenated alkanes) is 7. The van der Waals surface area contributed by atoms with E-state index in [4.69, 9.17) is 28.3 Å². The van der Waals surface area contributed by atoms with Crippen LogP contribution in [0.2, 0.25) is 10.0 Å². The van der Waals surface area contributed by atoms with Crippen molar-refractivity contribution < 1.29 is 23.1 Å². The normalized spacial score (nSPS) is 11.5. The molecule has 33 heavy (non-hydrogen) atoms. The summed E-state index contributed by atoms with van der Waals surface area (Å²) in [5.41, 5.74) is 0.187. The first-order valence-corrected chi connectivity index (χ1v) is 13.3. The first-order chi connectivity index (χ1) is 15.7. The summed E-state index contributed by atoms with van der Waals surface area (Å²) in [5, 5.41) is 9.10. The average molecular weight is 514 g/mol. The highest BCUT2D eigenvalue weighted by Crippen LogP contribution is 2.26. The van der Waals surface area contributed by atoms with E-state index in [-0.39, 0.29) is 39.0 Å². The molecule has 0 aliphatic carbocycles. The van der Waals surface area contributed by atoms with Crippen molar-refractivity contribution in [2.24, 2.45) is 0 Å². The van der Waals surface area contributed by atoms with E-state index in [9.17, 15) is 18.0 Å². The summed E-state index contributed by atoms with van der Waals surface area (Å²) >= 11 is 12.2. The van der Waals surface area contributed by atoms with Crippen molar-refractivity contribution in [1.82, 2.24) is 4.72 Å². The van der Waals surface area contributed by atoms with Crippen LogP contribution in [0.15, 0.2) is 47.4 Å². The third kappa shape index (κ3) is 9.08. The Kier molecular flexibility index (Phi) is 11.3. The van der Waals surface area contributed by atoms with E-state index in [1.165, 1.54) is 18.2 Å². The number of nitrogens with one attached hydrogen (secondary N) is 1. The van der Waals surface area contributed by atoms with Gasteiger partial charge in [-0.2, -0.15) is 0 Å². The fraction of sp³-hybridized carbons (Fsp3) is 0.417. The number of ketones is 1. The van der Waals surface area contributed by atoms with Crippen molar-refractivity contribution in [2.75, 3.05) is 6.54 Å². The maximum absolute atomic E-state index is 13.0. The summed E-state index contributed by atoms with van der Waals surface area (Å²) in [5.74, 6) is -1.26. The molecule has 6 nitrogen and oxygen atoms in total. The van der Waals surface area contributed by atoms with E-state index >= 15 is 0 Å². The van der Waals surface area contributed by atoms with Crippen LogP contribution in [0.5, 0.6) is 0 Å². The minimum absolute atomic E-state index is 0.0222. The van der Waals surface area contributed by atoms with Crippen molar-refractivity contribution in [3.8, 4) is 0 Å². The van der Waals surface area contributed by atoms with Crippen LogP contribution >= 0.6 is 23.2 Å². The number of carbonyl (C=O) groups excluding carboxylic acids is 1. The standard InChI is InChI=1S/C24H29Cl2NO5S/c25-18-14-15-22(20(17-18)24(30)19-11-8-9-12-21(19)26)33(31,32)27-16-10-6-4-2-1-3-5-7-13-23(28)29/h8-9,11-12,14-15,17,27H,1-7,10,13,16H2,(H,28,29). The number of halogens is 2. The van der Waals surface area contributed by atoms with Crippen molar-refractivity contribution >= 4 is 45.0 Å². The Balaban J connectivity index is 1.86. The van der Waals surface area contributed by atoms with Crippen molar-refractivity contribution in [3.05, 3.63) is 63.6 Å². The van der Waals surface area contributed by atoms with Crippen LogP contribution < -0.4 is 4.72 Å². The van der Waals surface area contributed by atoms with Gasteiger partial charge in [0.05, 0.1) is 9.92 Å². The Morgan fingerprint density at radius 2 is 1.42 bits per heavy atom. The van der Waals surface area contributed by atoms with Gasteiger partial charge in [0.25, 0.3) is 0 Å². The van der Waals surface area contributed by atoms with Crippen molar-refractivity contribution in [1.29, 1.82) is 0 Å². The lowest BCUT2D eigenvalue weighted by Gasteiger charge is -2.12. The molecule has 0 amide bonds. The highest BCUT2D eigenvalue weighted by Gasteiger charge is 2.24. The van der Waals surface area contributed by atoms with E-state index in [1.807, 2.05) is 0 Å². The van der Waals surface area contributed by atoms with Crippen LogP contribution in [0.4, 0.5) is 0 Å². The van der Waals surface area contributed by atoms with Gasteiger partial charge < -0.3 is 5.11 Å². The monoisotopic (exact) mass is 513 g/mol. The summed E-state index contributed by atoms with van der Waals surface area (Å²) in [6.07, 6.45) is 7.49. The van der Waals surface area contributed by atoms with Crippen LogP contribution in [0.1, 0.15) is 73.7 Å². The van der Waals surface area contributed by atoms with E-state index in [0.717, 1.165) is 38.5 Å². The topological polar surface area (TPSA) is 101 Å². The summed E-state index contributed by atoms with van der Waals surface area (Å²) in [6, 6.07) is 10.6. The second kappa shape index (κ2) is 13.7. The maximum atomic E-state index is 13.0. The van der Waals surface area contributed by atoms with Gasteiger partial charge in [0.15, 0.2) is 5.78 Å². The molecule has 9 heteroatoms. The highest BCUT2D eigenvalue weighted by molar-refractivity contribution is 7.89. The zero-order valence-corrected chi connectivity index (χ0v) is 20.7. The molecule has 0 unspecified atom stereocenters. The van der Waals surface area contributed by atoms with Gasteiger partial charge in [-0.15, -0.1) is 0 Å². The number of aliphatic carboxylic acids is 1. The molecule has 2 aromatic carbocycles. The molecule has 180 valence electrons. The molecule has 0 aromatic heterocycles. The summed E-state index contributed by atoms with van der Waals surface area (Å²) < 4.78 is 28.3. The Bertz CT molecular complexity index is 1060. The fourth-order valence-electron chi connectivity index (χ4n) is 3.45. The van der Waals surface area contributed by atoms with Crippen molar-refractivity contribution in [2.45, 2.75) is 62.7 Å². The molecular formula is C24H29Cl2NO5S. The smallest absolute Gasteiger partial charge is 0.303 e. The third-order valence-corrected chi connectivity index (χ3v) is 7.29. The predicted molar refractivity (Wildman–Crippen MR) is 131 cm³/mol. The van der Waals surface area contributed by atoms with Gasteiger partial charge in [-0.1, -0.05) is 73.9 Å². The number of carboxylic acid groups (broad SMARTS) is 1. The molecule has 0 radical (unpaired) electrons. The predicted octanol–water partition coefficient (Wildman–Crippen LogP) is 6.10. The number of hydrogen-bond acceptors (Lipinski definition) is 4. The maximum Gasteiger partial charge on any atom is 0.303 e. The second-order valence-electron chi connectivity index (χ2n) is 7.82. The van der Waals surface area contributed by atoms with E-state index in [0.29, 0.717) is 12.8 Å². The largest absolute Gasteiger partial charge is 0.481 e. The van der Waals surface area contributed by atoms with Gasteiger partial charge in [-0.25, -0.2) is 13.1 Å². The van der Waals surface area contributed by atoms with E-state index in [2.05, 4.69) is 4.72 Å². The highest BCUT2D eigenvalue weighted by atomic mass is 35.5. The quantitative estimate of drug-likeness (QED) is 0.221. The lowest BCUT2D eigenvalue weighted by atomic mass is 10.0. The van der Waals surface area contributed by atoms with Crippen molar-refractivity contribution in [3.63, 3.8) is 0 Å². The molecule has 0 saturated heterocycles. The minimum Gasteiger partial charge on any atom is -0.481 e. The van der Waals surface area contributed by atoms with E-state index in [1.54, 1.807) is 24.3 Å². The number of rotatable bonds is 15. The average Bonchev–Trinajstić information content (AvgIpc) is 2.77. The third-order valence-electron chi connectivity index (χ3n) is 5.20. The van der Waals surface area contributed by atoms with Gasteiger partial charge in [-0.05, 0) is 43.2 Å². The minimum atomic E-state index is -3.91. The molecule has 0 atom stereocenters. The lowest BCUT2D eigenvalue weighted by Crippen LogP contribution is -2.26. The Morgan fingerprint density at radius 3 is 2.06 bits per heavy atom. The molecule has 0 bridgehead atoms. The molecule has 0 saturated carbocycles. The Labute approximate surface area is 205 Å². The van der Waals surface area contributed by atoms with Crippen LogP contribution in [0.25, 0.3) is 0 Å². The summed E-state index contributed by atoms with van der Waals surface area (Å²) in [7, 11) is -3.91. The van der Waals surface area contributed by atoms with Crippen LogP contribution in [0, 0.1) is 0 Å². The first-order valence-electron chi connectivity index (χ1n) is 11.0. The Hall–Kier alpha value is -1.93. The molecular weight excluding hydrogens is 485 g/mol. The number of benzene rings is 2. The summed E-state index contributed by atoms with van der Waals surface area (Å²) in [6.45, 7) is 0.267.